The molecule has 2 aliphatic rings. The number of anilines is 2. The molecule has 0 radical (unpaired) electrons. The Morgan fingerprint density at radius 1 is 0.919 bits per heavy atom. The van der Waals surface area contributed by atoms with Crippen LogP contribution in [-0.2, 0) is 9.59 Å². The third-order valence-corrected chi connectivity index (χ3v) is 7.27. The van der Waals surface area contributed by atoms with Crippen LogP contribution in [0.4, 0.5) is 15.8 Å². The van der Waals surface area contributed by atoms with Crippen LogP contribution < -0.4 is 10.2 Å². The van der Waals surface area contributed by atoms with Crippen LogP contribution in [0.15, 0.2) is 78.9 Å². The van der Waals surface area contributed by atoms with Gasteiger partial charge >= 0.3 is 0 Å². The van der Waals surface area contributed by atoms with Crippen molar-refractivity contribution >= 4 is 40.7 Å². The molecule has 0 atom stereocenters. The Balaban J connectivity index is 1.33. The first-order valence-electron chi connectivity index (χ1n) is 12.1. The molecule has 2 heterocycles. The molecular weight excluding hydrogens is 495 g/mol. The van der Waals surface area contributed by atoms with Crippen molar-refractivity contribution in [1.82, 2.24) is 9.80 Å². The van der Waals surface area contributed by atoms with Gasteiger partial charge in [-0.15, -0.1) is 0 Å². The van der Waals surface area contributed by atoms with Gasteiger partial charge in [-0.05, 0) is 73.5 Å². The van der Waals surface area contributed by atoms with Crippen molar-refractivity contribution in [3.63, 3.8) is 0 Å². The number of para-hydroxylation sites is 1. The molecule has 0 aliphatic carbocycles. The molecule has 3 aromatic carbocycles. The largest absolute Gasteiger partial charge is 0.339 e. The van der Waals surface area contributed by atoms with E-state index in [0.717, 1.165) is 5.69 Å². The van der Waals surface area contributed by atoms with Gasteiger partial charge in [-0.2, -0.15) is 0 Å². The number of rotatable bonds is 5. The zero-order valence-electron chi connectivity index (χ0n) is 20.1. The fourth-order valence-corrected chi connectivity index (χ4v) is 5.21. The lowest BCUT2D eigenvalue weighted by Crippen LogP contribution is -2.57. The Hall–Kier alpha value is -3.91. The Morgan fingerprint density at radius 2 is 1.57 bits per heavy atom. The minimum atomic E-state index is -0.853. The summed E-state index contributed by atoms with van der Waals surface area (Å²) in [5.74, 6) is -0.989. The van der Waals surface area contributed by atoms with E-state index in [1.165, 1.54) is 24.3 Å². The number of benzene rings is 3. The van der Waals surface area contributed by atoms with Gasteiger partial charge in [0.2, 0.25) is 5.91 Å². The smallest absolute Gasteiger partial charge is 0.253 e. The van der Waals surface area contributed by atoms with E-state index < -0.39 is 11.4 Å². The summed E-state index contributed by atoms with van der Waals surface area (Å²) in [5.41, 5.74) is 1.04. The third-order valence-electron chi connectivity index (χ3n) is 7.01. The van der Waals surface area contributed by atoms with Crippen LogP contribution >= 0.6 is 11.6 Å². The van der Waals surface area contributed by atoms with E-state index in [0.29, 0.717) is 42.2 Å². The Bertz CT molecular complexity index is 1290. The standard InChI is InChI=1S/C28H26ClFN4O3/c29-21-8-6-20(7-9-21)26(36)32-16-14-28(15-17-32)27(37)33(19-34(28)24-4-2-1-3-5-24)18-25(35)31-23-12-10-22(30)11-13-23/h1-13H,14-19H2,(H,31,35). The summed E-state index contributed by atoms with van der Waals surface area (Å²) >= 11 is 5.96. The topological polar surface area (TPSA) is 73.0 Å². The predicted octanol–water partition coefficient (Wildman–Crippen LogP) is 4.40. The van der Waals surface area contributed by atoms with Crippen LogP contribution in [0.2, 0.25) is 5.02 Å². The lowest BCUT2D eigenvalue weighted by Gasteiger charge is -2.43. The van der Waals surface area contributed by atoms with Crippen molar-refractivity contribution in [2.45, 2.75) is 18.4 Å². The average Bonchev–Trinajstić information content (AvgIpc) is 3.17. The third kappa shape index (κ3) is 5.02. The summed E-state index contributed by atoms with van der Waals surface area (Å²) in [4.78, 5) is 45.0. The SMILES string of the molecule is O=C(CN1CN(c2ccccc2)C2(CCN(C(=O)c3ccc(Cl)cc3)CC2)C1=O)Nc1ccc(F)cc1. The molecule has 0 saturated carbocycles. The molecule has 3 aromatic rings. The molecule has 2 aliphatic heterocycles. The van der Waals surface area contributed by atoms with E-state index in [4.69, 9.17) is 11.6 Å². The molecule has 2 saturated heterocycles. The molecule has 9 heteroatoms. The van der Waals surface area contributed by atoms with Crippen LogP contribution in [-0.4, -0.2) is 59.4 Å². The number of likely N-dealkylation sites (tertiary alicyclic amines) is 1. The van der Waals surface area contributed by atoms with Crippen LogP contribution in [0.25, 0.3) is 0 Å². The van der Waals surface area contributed by atoms with Crippen molar-refractivity contribution in [1.29, 1.82) is 0 Å². The van der Waals surface area contributed by atoms with Crippen LogP contribution in [0.5, 0.6) is 0 Å². The van der Waals surface area contributed by atoms with Gasteiger partial charge in [-0.25, -0.2) is 4.39 Å². The van der Waals surface area contributed by atoms with Crippen molar-refractivity contribution in [2.24, 2.45) is 0 Å². The monoisotopic (exact) mass is 520 g/mol. The van der Waals surface area contributed by atoms with Gasteiger partial charge in [0.05, 0.1) is 6.67 Å². The zero-order chi connectivity index (χ0) is 26.0. The van der Waals surface area contributed by atoms with E-state index >= 15 is 0 Å². The average molecular weight is 521 g/mol. The van der Waals surface area contributed by atoms with E-state index in [1.807, 2.05) is 35.2 Å². The minimum absolute atomic E-state index is 0.0984. The highest BCUT2D eigenvalue weighted by molar-refractivity contribution is 6.30. The molecular formula is C28H26ClFN4O3. The summed E-state index contributed by atoms with van der Waals surface area (Å²) in [6.45, 7) is 0.942. The lowest BCUT2D eigenvalue weighted by molar-refractivity contribution is -0.136. The molecule has 0 aromatic heterocycles. The fourth-order valence-electron chi connectivity index (χ4n) is 5.08. The van der Waals surface area contributed by atoms with Gasteiger partial charge in [0.25, 0.3) is 11.8 Å². The summed E-state index contributed by atoms with van der Waals surface area (Å²) in [5, 5.41) is 3.29. The normalized spacial score (nSPS) is 16.8. The Labute approximate surface area is 219 Å². The van der Waals surface area contributed by atoms with Gasteiger partial charge < -0.3 is 20.0 Å². The predicted molar refractivity (Wildman–Crippen MR) is 140 cm³/mol. The van der Waals surface area contributed by atoms with Crippen molar-refractivity contribution in [3.05, 3.63) is 95.3 Å². The summed E-state index contributed by atoms with van der Waals surface area (Å²) < 4.78 is 13.2. The molecule has 0 bridgehead atoms. The van der Waals surface area contributed by atoms with Gasteiger partial charge in [0, 0.05) is 35.1 Å². The molecule has 3 amide bonds. The summed E-state index contributed by atoms with van der Waals surface area (Å²) in [6, 6.07) is 21.9. The van der Waals surface area contributed by atoms with E-state index in [2.05, 4.69) is 5.32 Å². The molecule has 1 N–H and O–H groups in total. The highest BCUT2D eigenvalue weighted by Gasteiger charge is 2.54. The van der Waals surface area contributed by atoms with Crippen LogP contribution in [0, 0.1) is 5.82 Å². The molecule has 7 nitrogen and oxygen atoms in total. The molecule has 1 spiro atoms. The van der Waals surface area contributed by atoms with Crippen molar-refractivity contribution in [2.75, 3.05) is 36.5 Å². The van der Waals surface area contributed by atoms with Gasteiger partial charge in [-0.1, -0.05) is 29.8 Å². The first-order valence-corrected chi connectivity index (χ1v) is 12.5. The highest BCUT2D eigenvalue weighted by atomic mass is 35.5. The second-order valence-electron chi connectivity index (χ2n) is 9.29. The number of carbonyl (C=O) groups is 3. The Morgan fingerprint density at radius 3 is 2.22 bits per heavy atom. The second-order valence-corrected chi connectivity index (χ2v) is 9.73. The van der Waals surface area contributed by atoms with Gasteiger partial charge in [0.15, 0.2) is 0 Å². The maximum Gasteiger partial charge on any atom is 0.253 e. The van der Waals surface area contributed by atoms with E-state index in [-0.39, 0.29) is 30.9 Å². The lowest BCUT2D eigenvalue weighted by atomic mass is 9.85. The number of hydrogen-bond acceptors (Lipinski definition) is 4. The van der Waals surface area contributed by atoms with Gasteiger partial charge in [0.1, 0.15) is 17.9 Å². The zero-order valence-corrected chi connectivity index (χ0v) is 20.8. The maximum absolute atomic E-state index is 13.8. The summed E-state index contributed by atoms with van der Waals surface area (Å²) in [6.07, 6.45) is 0.881. The molecule has 0 unspecified atom stereocenters. The summed E-state index contributed by atoms with van der Waals surface area (Å²) in [7, 11) is 0. The van der Waals surface area contributed by atoms with Gasteiger partial charge in [-0.3, -0.25) is 14.4 Å². The first kappa shape index (κ1) is 24.8. The van der Waals surface area contributed by atoms with Crippen LogP contribution in [0.1, 0.15) is 23.2 Å². The Kier molecular flexibility index (Phi) is 6.84. The quantitative estimate of drug-likeness (QED) is 0.541. The first-order chi connectivity index (χ1) is 17.9. The number of halogens is 2. The second kappa shape index (κ2) is 10.2. The number of carbonyl (C=O) groups excluding carboxylic acids is 3. The molecule has 190 valence electrons. The van der Waals surface area contributed by atoms with Crippen LogP contribution in [0.3, 0.4) is 0 Å². The fraction of sp³-hybridized carbons (Fsp3) is 0.250. The number of nitrogens with zero attached hydrogens (tertiary/aromatic N) is 3. The highest BCUT2D eigenvalue weighted by Crippen LogP contribution is 2.39. The molecule has 37 heavy (non-hydrogen) atoms. The van der Waals surface area contributed by atoms with E-state index in [1.54, 1.807) is 34.1 Å². The van der Waals surface area contributed by atoms with Crippen molar-refractivity contribution in [3.8, 4) is 0 Å². The number of piperidine rings is 1. The number of amides is 3. The van der Waals surface area contributed by atoms with Crippen molar-refractivity contribution < 1.29 is 18.8 Å². The molecule has 5 rings (SSSR count). The van der Waals surface area contributed by atoms with E-state index in [9.17, 15) is 18.8 Å². The number of hydrogen-bond donors (Lipinski definition) is 1. The molecule has 2 fully saturated rings. The number of nitrogens with one attached hydrogen (secondary N) is 1. The minimum Gasteiger partial charge on any atom is -0.339 e. The maximum atomic E-state index is 13.8.